The number of hydrogen-bond acceptors (Lipinski definition) is 4. The van der Waals surface area contributed by atoms with Gasteiger partial charge in [0, 0.05) is 57.7 Å². The average molecular weight is 236 g/mol. The molecular weight excluding hydrogens is 212 g/mol. The molecule has 0 atom stereocenters. The third kappa shape index (κ3) is 5.77. The van der Waals surface area contributed by atoms with Crippen molar-refractivity contribution in [2.45, 2.75) is 6.92 Å². The van der Waals surface area contributed by atoms with Gasteiger partial charge in [-0.2, -0.15) is 0 Å². The summed E-state index contributed by atoms with van der Waals surface area (Å²) < 4.78 is 0. The molecule has 0 bridgehead atoms. The van der Waals surface area contributed by atoms with Crippen molar-refractivity contribution >= 4 is 6.21 Å². The Labute approximate surface area is 104 Å². The minimum Gasteiger partial charge on any atom is -0.329 e. The lowest BCUT2D eigenvalue weighted by molar-refractivity contribution is 0.144. The van der Waals surface area contributed by atoms with E-state index in [2.05, 4.69) is 28.0 Å². The molecule has 1 saturated heterocycles. The fourth-order valence-electron chi connectivity index (χ4n) is 1.88. The summed E-state index contributed by atoms with van der Waals surface area (Å²) in [6, 6.07) is 0. The highest BCUT2D eigenvalue weighted by Crippen LogP contribution is 2.03. The van der Waals surface area contributed by atoms with Crippen LogP contribution in [0.15, 0.2) is 29.4 Å². The smallest absolute Gasteiger partial charge is 0.0309 e. The molecule has 1 fully saturated rings. The van der Waals surface area contributed by atoms with Gasteiger partial charge >= 0.3 is 0 Å². The molecule has 0 amide bonds. The first-order valence-electron chi connectivity index (χ1n) is 6.14. The van der Waals surface area contributed by atoms with Crippen LogP contribution in [0.1, 0.15) is 6.92 Å². The van der Waals surface area contributed by atoms with Crippen molar-refractivity contribution in [1.82, 2.24) is 9.80 Å². The van der Waals surface area contributed by atoms with Gasteiger partial charge in [0.2, 0.25) is 0 Å². The highest BCUT2D eigenvalue weighted by Gasteiger charge is 2.15. The number of hydrogen-bond donors (Lipinski definition) is 1. The van der Waals surface area contributed by atoms with E-state index in [0.717, 1.165) is 57.1 Å². The van der Waals surface area contributed by atoms with E-state index in [1.54, 1.807) is 0 Å². The monoisotopic (exact) mass is 236 g/mol. The van der Waals surface area contributed by atoms with Gasteiger partial charge in [-0.1, -0.05) is 13.2 Å². The van der Waals surface area contributed by atoms with Crippen LogP contribution in [0.5, 0.6) is 0 Å². The second-order valence-corrected chi connectivity index (χ2v) is 4.56. The van der Waals surface area contributed by atoms with E-state index in [-0.39, 0.29) is 0 Å². The first kappa shape index (κ1) is 14.1. The Kier molecular flexibility index (Phi) is 6.11. The molecule has 4 nitrogen and oxygen atoms in total. The minimum atomic E-state index is 0.748. The van der Waals surface area contributed by atoms with E-state index in [1.807, 2.05) is 13.1 Å². The highest BCUT2D eigenvalue weighted by molar-refractivity contribution is 5.78. The largest absolute Gasteiger partial charge is 0.329 e. The van der Waals surface area contributed by atoms with E-state index >= 15 is 0 Å². The molecule has 96 valence electrons. The zero-order chi connectivity index (χ0) is 12.7. The maximum atomic E-state index is 5.55. The molecule has 0 aromatic carbocycles. The lowest BCUT2D eigenvalue weighted by atomic mass is 10.2. The molecule has 0 aromatic heterocycles. The molecular formula is C13H24N4. The maximum Gasteiger partial charge on any atom is 0.0309 e. The summed E-state index contributed by atoms with van der Waals surface area (Å²) in [6.45, 7) is 16.6. The van der Waals surface area contributed by atoms with Crippen LogP contribution < -0.4 is 5.73 Å². The molecule has 17 heavy (non-hydrogen) atoms. The lowest BCUT2D eigenvalue weighted by Gasteiger charge is -2.34. The van der Waals surface area contributed by atoms with Crippen molar-refractivity contribution in [3.63, 3.8) is 0 Å². The maximum absolute atomic E-state index is 5.55. The highest BCUT2D eigenvalue weighted by atomic mass is 15.3. The number of nitrogens with two attached hydrogens (primary N) is 1. The fraction of sp³-hybridized carbons (Fsp3) is 0.615. The number of piperazine rings is 1. The summed E-state index contributed by atoms with van der Waals surface area (Å²) in [5.41, 5.74) is 7.41. The van der Waals surface area contributed by atoms with Crippen molar-refractivity contribution in [2.75, 3.05) is 45.8 Å². The fourth-order valence-corrected chi connectivity index (χ4v) is 1.88. The van der Waals surface area contributed by atoms with Crippen molar-refractivity contribution in [2.24, 2.45) is 10.7 Å². The molecule has 0 aromatic rings. The lowest BCUT2D eigenvalue weighted by Crippen LogP contribution is -2.48. The van der Waals surface area contributed by atoms with Crippen LogP contribution >= 0.6 is 0 Å². The van der Waals surface area contributed by atoms with Gasteiger partial charge in [0.05, 0.1) is 0 Å². The predicted molar refractivity (Wildman–Crippen MR) is 74.4 cm³/mol. The Bertz CT molecular complexity index is 288. The van der Waals surface area contributed by atoms with E-state index < -0.39 is 0 Å². The Morgan fingerprint density at radius 2 is 1.82 bits per heavy atom. The molecule has 2 N–H and O–H groups in total. The zero-order valence-corrected chi connectivity index (χ0v) is 10.9. The SMILES string of the molecule is C=C(C=NC(=C)C)CN1CCN(CCN)CC1. The third-order valence-corrected chi connectivity index (χ3v) is 2.80. The Balaban J connectivity index is 2.26. The van der Waals surface area contributed by atoms with Gasteiger partial charge in [0.15, 0.2) is 0 Å². The van der Waals surface area contributed by atoms with Crippen LogP contribution in [0.3, 0.4) is 0 Å². The first-order chi connectivity index (χ1) is 8.11. The molecule has 0 spiro atoms. The van der Waals surface area contributed by atoms with Crippen LogP contribution in [0.2, 0.25) is 0 Å². The normalized spacial score (nSPS) is 18.7. The molecule has 0 aliphatic carbocycles. The van der Waals surface area contributed by atoms with Gasteiger partial charge in [-0.05, 0) is 12.5 Å². The summed E-state index contributed by atoms with van der Waals surface area (Å²) >= 11 is 0. The van der Waals surface area contributed by atoms with Gasteiger partial charge in [-0.25, -0.2) is 0 Å². The molecule has 1 rings (SSSR count). The van der Waals surface area contributed by atoms with Gasteiger partial charge in [0.1, 0.15) is 0 Å². The molecule has 1 heterocycles. The van der Waals surface area contributed by atoms with Crippen LogP contribution in [0.4, 0.5) is 0 Å². The van der Waals surface area contributed by atoms with Crippen LogP contribution in [0, 0.1) is 0 Å². The summed E-state index contributed by atoms with van der Waals surface area (Å²) in [7, 11) is 0. The van der Waals surface area contributed by atoms with Crippen LogP contribution in [0.25, 0.3) is 0 Å². The average Bonchev–Trinajstić information content (AvgIpc) is 2.29. The molecule has 1 aliphatic rings. The summed E-state index contributed by atoms with van der Waals surface area (Å²) in [4.78, 5) is 8.97. The van der Waals surface area contributed by atoms with Crippen LogP contribution in [-0.4, -0.2) is 61.8 Å². The predicted octanol–water partition coefficient (Wildman–Crippen LogP) is 0.723. The van der Waals surface area contributed by atoms with E-state index in [9.17, 15) is 0 Å². The van der Waals surface area contributed by atoms with Gasteiger partial charge in [0.25, 0.3) is 0 Å². The minimum absolute atomic E-state index is 0.748. The van der Waals surface area contributed by atoms with E-state index in [1.165, 1.54) is 0 Å². The molecule has 0 unspecified atom stereocenters. The van der Waals surface area contributed by atoms with E-state index in [4.69, 9.17) is 5.73 Å². The molecule has 0 radical (unpaired) electrons. The van der Waals surface area contributed by atoms with Gasteiger partial charge in [-0.3, -0.25) is 14.8 Å². The van der Waals surface area contributed by atoms with Crippen molar-refractivity contribution < 1.29 is 0 Å². The number of nitrogens with zero attached hydrogens (tertiary/aromatic N) is 3. The van der Waals surface area contributed by atoms with Gasteiger partial charge < -0.3 is 5.73 Å². The molecule has 1 aliphatic heterocycles. The second kappa shape index (κ2) is 7.37. The Hall–Kier alpha value is -0.970. The summed E-state index contributed by atoms with van der Waals surface area (Å²) in [5.74, 6) is 0. The topological polar surface area (TPSA) is 44.9 Å². The van der Waals surface area contributed by atoms with Crippen molar-refractivity contribution in [3.8, 4) is 0 Å². The van der Waals surface area contributed by atoms with Crippen molar-refractivity contribution in [3.05, 3.63) is 24.4 Å². The summed E-state index contributed by atoms with van der Waals surface area (Å²) in [5, 5.41) is 0. The number of allylic oxidation sites excluding steroid dienone is 1. The standard InChI is InChI=1S/C13H24N4/c1-12(2)15-10-13(3)11-17-8-6-16(5-4-14)7-9-17/h10H,1,3-9,11,14H2,2H3. The number of rotatable bonds is 6. The summed E-state index contributed by atoms with van der Waals surface area (Å²) in [6.07, 6.45) is 1.81. The molecule has 4 heteroatoms. The Morgan fingerprint density at radius 1 is 1.24 bits per heavy atom. The van der Waals surface area contributed by atoms with E-state index in [0.29, 0.717) is 0 Å². The quantitative estimate of drug-likeness (QED) is 0.691. The third-order valence-electron chi connectivity index (χ3n) is 2.80. The van der Waals surface area contributed by atoms with Gasteiger partial charge in [-0.15, -0.1) is 0 Å². The number of aliphatic imine (C=N–C) groups is 1. The second-order valence-electron chi connectivity index (χ2n) is 4.56. The first-order valence-corrected chi connectivity index (χ1v) is 6.14. The zero-order valence-electron chi connectivity index (χ0n) is 10.9. The van der Waals surface area contributed by atoms with Crippen LogP contribution in [-0.2, 0) is 0 Å². The molecule has 0 saturated carbocycles. The van der Waals surface area contributed by atoms with Crippen molar-refractivity contribution in [1.29, 1.82) is 0 Å². The Morgan fingerprint density at radius 3 is 2.35 bits per heavy atom.